The lowest BCUT2D eigenvalue weighted by Crippen LogP contribution is -2.44. The Kier molecular flexibility index (Phi) is 7.19. The van der Waals surface area contributed by atoms with Crippen molar-refractivity contribution in [2.75, 3.05) is 27.2 Å². The van der Waals surface area contributed by atoms with Crippen LogP contribution in [0.1, 0.15) is 40.0 Å². The number of hydrogen-bond acceptors (Lipinski definition) is 2. The van der Waals surface area contributed by atoms with Gasteiger partial charge in [-0.3, -0.25) is 0 Å². The van der Waals surface area contributed by atoms with Gasteiger partial charge in [0, 0.05) is 27.2 Å². The van der Waals surface area contributed by atoms with Crippen LogP contribution in [0.15, 0.2) is 0 Å². The molecule has 0 aromatic carbocycles. The Morgan fingerprint density at radius 3 is 1.88 bits per heavy atom. The number of piperidine rings is 1. The van der Waals surface area contributed by atoms with Gasteiger partial charge in [-0.1, -0.05) is 27.2 Å². The fourth-order valence-electron chi connectivity index (χ4n) is 1.45. The minimum absolute atomic E-state index is 0.661. The van der Waals surface area contributed by atoms with E-state index < -0.39 is 10.2 Å². The van der Waals surface area contributed by atoms with Crippen molar-refractivity contribution in [3.8, 4) is 0 Å². The summed E-state index contributed by atoms with van der Waals surface area (Å²) in [5, 5.41) is 0. The van der Waals surface area contributed by atoms with Gasteiger partial charge in [0.2, 0.25) is 0 Å². The van der Waals surface area contributed by atoms with E-state index in [0.29, 0.717) is 19.0 Å². The van der Waals surface area contributed by atoms with E-state index in [-0.39, 0.29) is 0 Å². The van der Waals surface area contributed by atoms with Gasteiger partial charge in [0.05, 0.1) is 0 Å². The van der Waals surface area contributed by atoms with E-state index in [9.17, 15) is 8.42 Å². The molecular weight excluding hydrogens is 224 g/mol. The Morgan fingerprint density at radius 1 is 1.19 bits per heavy atom. The smallest absolute Gasteiger partial charge is 0.195 e. The summed E-state index contributed by atoms with van der Waals surface area (Å²) in [4.78, 5) is 0. The van der Waals surface area contributed by atoms with Crippen molar-refractivity contribution >= 4 is 10.2 Å². The second kappa shape index (κ2) is 7.25. The van der Waals surface area contributed by atoms with Crippen molar-refractivity contribution in [3.63, 3.8) is 0 Å². The fourth-order valence-corrected chi connectivity index (χ4v) is 2.58. The number of rotatable bonds is 2. The maximum Gasteiger partial charge on any atom is 0.281 e. The van der Waals surface area contributed by atoms with Gasteiger partial charge < -0.3 is 0 Å². The van der Waals surface area contributed by atoms with Crippen LogP contribution in [0.4, 0.5) is 0 Å². The standard InChI is InChI=1S/C8H18N2O2S.C3H8/c1-8-4-6-10(7-5-8)13(11,12)9(2)3;1-3-2/h8H,4-7H2,1-3H3;3H2,1-2H3. The summed E-state index contributed by atoms with van der Waals surface area (Å²) in [6.45, 7) is 7.75. The van der Waals surface area contributed by atoms with E-state index >= 15 is 0 Å². The van der Waals surface area contributed by atoms with Gasteiger partial charge in [0.1, 0.15) is 0 Å². The number of hydrogen-bond donors (Lipinski definition) is 0. The molecule has 0 spiro atoms. The van der Waals surface area contributed by atoms with E-state index in [1.54, 1.807) is 18.4 Å². The molecule has 0 radical (unpaired) electrons. The van der Waals surface area contributed by atoms with Crippen LogP contribution in [0.2, 0.25) is 0 Å². The second-order valence-electron chi connectivity index (χ2n) is 4.58. The Morgan fingerprint density at radius 2 is 1.56 bits per heavy atom. The van der Waals surface area contributed by atoms with Gasteiger partial charge in [-0.25, -0.2) is 0 Å². The predicted octanol–water partition coefficient (Wildman–Crippen LogP) is 1.94. The van der Waals surface area contributed by atoms with Crippen LogP contribution in [0.5, 0.6) is 0 Å². The molecule has 16 heavy (non-hydrogen) atoms. The molecule has 0 amide bonds. The molecule has 0 aliphatic carbocycles. The van der Waals surface area contributed by atoms with Crippen LogP contribution < -0.4 is 0 Å². The zero-order chi connectivity index (χ0) is 12.8. The first-order valence-corrected chi connectivity index (χ1v) is 7.43. The third-order valence-corrected chi connectivity index (χ3v) is 4.47. The lowest BCUT2D eigenvalue weighted by Gasteiger charge is -2.31. The van der Waals surface area contributed by atoms with E-state index in [1.807, 2.05) is 0 Å². The summed E-state index contributed by atoms with van der Waals surface area (Å²) in [7, 11) is -0.00321. The highest BCUT2D eigenvalue weighted by atomic mass is 32.2. The molecule has 0 saturated carbocycles. The molecule has 1 saturated heterocycles. The summed E-state index contributed by atoms with van der Waals surface area (Å²) >= 11 is 0. The summed E-state index contributed by atoms with van der Waals surface area (Å²) in [6, 6.07) is 0. The lowest BCUT2D eigenvalue weighted by atomic mass is 10.0. The highest BCUT2D eigenvalue weighted by molar-refractivity contribution is 7.86. The summed E-state index contributed by atoms with van der Waals surface area (Å²) in [5.74, 6) is 0.661. The third kappa shape index (κ3) is 4.80. The first-order chi connectivity index (χ1) is 7.36. The topological polar surface area (TPSA) is 40.6 Å². The average molecular weight is 250 g/mol. The van der Waals surface area contributed by atoms with E-state index in [4.69, 9.17) is 0 Å². The summed E-state index contributed by atoms with van der Waals surface area (Å²) in [5.41, 5.74) is 0. The molecule has 0 unspecified atom stereocenters. The average Bonchev–Trinajstić information content (AvgIpc) is 2.19. The Balaban J connectivity index is 0.000000673. The van der Waals surface area contributed by atoms with Gasteiger partial charge in [-0.15, -0.1) is 0 Å². The van der Waals surface area contributed by atoms with E-state index in [0.717, 1.165) is 12.8 Å². The maximum atomic E-state index is 11.6. The quantitative estimate of drug-likeness (QED) is 0.751. The SMILES string of the molecule is CC1CCN(S(=O)(=O)N(C)C)CC1.CCC. The van der Waals surface area contributed by atoms with Gasteiger partial charge >= 0.3 is 0 Å². The molecule has 0 N–H and O–H groups in total. The molecule has 0 aromatic rings. The zero-order valence-corrected chi connectivity index (χ0v) is 12.0. The highest BCUT2D eigenvalue weighted by Crippen LogP contribution is 2.19. The van der Waals surface area contributed by atoms with Gasteiger partial charge in [0.25, 0.3) is 10.2 Å². The van der Waals surface area contributed by atoms with Gasteiger partial charge in [-0.05, 0) is 18.8 Å². The maximum absolute atomic E-state index is 11.6. The molecule has 1 fully saturated rings. The van der Waals surface area contributed by atoms with E-state index in [2.05, 4.69) is 20.8 Å². The molecule has 5 heteroatoms. The van der Waals surface area contributed by atoms with Crippen molar-refractivity contribution in [3.05, 3.63) is 0 Å². The third-order valence-electron chi connectivity index (χ3n) is 2.53. The molecule has 98 valence electrons. The summed E-state index contributed by atoms with van der Waals surface area (Å²) in [6.07, 6.45) is 3.21. The lowest BCUT2D eigenvalue weighted by molar-refractivity contribution is 0.275. The van der Waals surface area contributed by atoms with Crippen LogP contribution in [0.25, 0.3) is 0 Å². The zero-order valence-electron chi connectivity index (χ0n) is 11.2. The number of nitrogens with zero attached hydrogens (tertiary/aromatic N) is 2. The highest BCUT2D eigenvalue weighted by Gasteiger charge is 2.27. The minimum atomic E-state index is -3.16. The van der Waals surface area contributed by atoms with Gasteiger partial charge in [-0.2, -0.15) is 17.0 Å². The fraction of sp³-hybridized carbons (Fsp3) is 1.00. The predicted molar refractivity (Wildman–Crippen MR) is 68.5 cm³/mol. The normalized spacial score (nSPS) is 19.4. The molecule has 0 bridgehead atoms. The Labute approximate surface area is 101 Å². The van der Waals surface area contributed by atoms with Gasteiger partial charge in [0.15, 0.2) is 0 Å². The van der Waals surface area contributed by atoms with Crippen molar-refractivity contribution in [2.45, 2.75) is 40.0 Å². The Bertz CT molecular complexity index is 268. The Hall–Kier alpha value is -0.130. The van der Waals surface area contributed by atoms with Crippen molar-refractivity contribution in [1.82, 2.24) is 8.61 Å². The largest absolute Gasteiger partial charge is 0.281 e. The molecule has 0 atom stereocenters. The van der Waals surface area contributed by atoms with Crippen LogP contribution in [-0.4, -0.2) is 44.2 Å². The second-order valence-corrected chi connectivity index (χ2v) is 6.72. The minimum Gasteiger partial charge on any atom is -0.195 e. The van der Waals surface area contributed by atoms with Crippen LogP contribution in [0.3, 0.4) is 0 Å². The van der Waals surface area contributed by atoms with Crippen molar-refractivity contribution in [1.29, 1.82) is 0 Å². The van der Waals surface area contributed by atoms with E-state index in [1.165, 1.54) is 10.7 Å². The first-order valence-electron chi connectivity index (χ1n) is 6.03. The van der Waals surface area contributed by atoms with Crippen LogP contribution in [-0.2, 0) is 10.2 Å². The molecule has 1 aliphatic heterocycles. The molecule has 1 rings (SSSR count). The molecule has 1 heterocycles. The van der Waals surface area contributed by atoms with Crippen LogP contribution >= 0.6 is 0 Å². The summed E-state index contributed by atoms with van der Waals surface area (Å²) < 4.78 is 26.1. The first kappa shape index (κ1) is 15.9. The van der Waals surface area contributed by atoms with Crippen molar-refractivity contribution in [2.24, 2.45) is 5.92 Å². The molecule has 1 aliphatic rings. The van der Waals surface area contributed by atoms with Crippen molar-refractivity contribution < 1.29 is 8.42 Å². The molecular formula is C11H26N2O2S. The molecule has 0 aromatic heterocycles. The molecule has 4 nitrogen and oxygen atoms in total. The van der Waals surface area contributed by atoms with Crippen LogP contribution in [0, 0.1) is 5.92 Å². The monoisotopic (exact) mass is 250 g/mol.